The Bertz CT molecular complexity index is 745. The van der Waals surface area contributed by atoms with Crippen LogP contribution >= 0.6 is 11.6 Å². The van der Waals surface area contributed by atoms with Gasteiger partial charge in [-0.2, -0.15) is 0 Å². The molecule has 0 aliphatic heterocycles. The summed E-state index contributed by atoms with van der Waals surface area (Å²) < 4.78 is 22.6. The number of benzene rings is 2. The number of nitrogens with two attached hydrogens (primary N) is 1. The lowest BCUT2D eigenvalue weighted by Crippen LogP contribution is -2.15. The number of hydrogen-bond acceptors (Lipinski definition) is 3. The molecule has 0 amide bonds. The molecule has 4 nitrogen and oxygen atoms in total. The fourth-order valence-electron chi connectivity index (χ4n) is 2.03. The summed E-state index contributed by atoms with van der Waals surface area (Å²) in [5.74, 6) is 0. The van der Waals surface area contributed by atoms with E-state index in [2.05, 4.69) is 5.32 Å². The zero-order chi connectivity index (χ0) is 15.5. The van der Waals surface area contributed by atoms with Crippen molar-refractivity contribution in [2.75, 3.05) is 0 Å². The van der Waals surface area contributed by atoms with Crippen molar-refractivity contribution in [1.29, 1.82) is 0 Å². The van der Waals surface area contributed by atoms with Crippen molar-refractivity contribution in [3.05, 3.63) is 64.2 Å². The van der Waals surface area contributed by atoms with E-state index >= 15 is 0 Å². The van der Waals surface area contributed by atoms with E-state index in [1.165, 1.54) is 6.07 Å². The predicted molar refractivity (Wildman–Crippen MR) is 84.5 cm³/mol. The molecule has 0 saturated heterocycles. The summed E-state index contributed by atoms with van der Waals surface area (Å²) in [6, 6.07) is 12.4. The molecule has 0 aromatic heterocycles. The summed E-state index contributed by atoms with van der Waals surface area (Å²) in [6.07, 6.45) is 0. The highest BCUT2D eigenvalue weighted by molar-refractivity contribution is 7.89. The van der Waals surface area contributed by atoms with Crippen LogP contribution in [0.1, 0.15) is 16.7 Å². The maximum Gasteiger partial charge on any atom is 0.238 e. The molecule has 0 atom stereocenters. The van der Waals surface area contributed by atoms with Gasteiger partial charge in [-0.25, -0.2) is 13.6 Å². The van der Waals surface area contributed by atoms with Crippen molar-refractivity contribution in [2.45, 2.75) is 24.9 Å². The molecule has 112 valence electrons. The quantitative estimate of drug-likeness (QED) is 0.888. The van der Waals surface area contributed by atoms with Gasteiger partial charge in [0, 0.05) is 18.1 Å². The van der Waals surface area contributed by atoms with Gasteiger partial charge >= 0.3 is 0 Å². The van der Waals surface area contributed by atoms with E-state index in [0.717, 1.165) is 21.7 Å². The van der Waals surface area contributed by atoms with E-state index in [1.807, 2.05) is 31.2 Å². The second kappa shape index (κ2) is 6.58. The largest absolute Gasteiger partial charge is 0.309 e. The SMILES string of the molecule is Cc1cc(Cl)ccc1CNCc1cccc(S(N)(=O)=O)c1. The number of primary sulfonamides is 1. The number of halogens is 1. The second-order valence-electron chi connectivity index (χ2n) is 4.87. The molecule has 2 aromatic rings. The fourth-order valence-corrected chi connectivity index (χ4v) is 2.84. The molecule has 0 aliphatic carbocycles. The number of sulfonamides is 1. The van der Waals surface area contributed by atoms with Crippen LogP contribution < -0.4 is 10.5 Å². The van der Waals surface area contributed by atoms with Gasteiger partial charge in [0.15, 0.2) is 0 Å². The molecule has 0 aliphatic rings. The van der Waals surface area contributed by atoms with Gasteiger partial charge < -0.3 is 5.32 Å². The van der Waals surface area contributed by atoms with Crippen molar-refractivity contribution in [3.63, 3.8) is 0 Å². The highest BCUT2D eigenvalue weighted by atomic mass is 35.5. The Balaban J connectivity index is 2.01. The first kappa shape index (κ1) is 16.0. The van der Waals surface area contributed by atoms with Crippen LogP contribution in [0.4, 0.5) is 0 Å². The maximum atomic E-state index is 11.3. The summed E-state index contributed by atoms with van der Waals surface area (Å²) >= 11 is 5.92. The first-order valence-corrected chi connectivity index (χ1v) is 8.36. The number of rotatable bonds is 5. The molecule has 0 heterocycles. The number of aryl methyl sites for hydroxylation is 1. The smallest absolute Gasteiger partial charge is 0.238 e. The zero-order valence-corrected chi connectivity index (χ0v) is 13.2. The van der Waals surface area contributed by atoms with Crippen LogP contribution in [0, 0.1) is 6.92 Å². The van der Waals surface area contributed by atoms with Crippen LogP contribution in [-0.4, -0.2) is 8.42 Å². The van der Waals surface area contributed by atoms with E-state index < -0.39 is 10.0 Å². The minimum absolute atomic E-state index is 0.129. The lowest BCUT2D eigenvalue weighted by molar-refractivity contribution is 0.597. The van der Waals surface area contributed by atoms with E-state index in [9.17, 15) is 8.42 Å². The highest BCUT2D eigenvalue weighted by Crippen LogP contribution is 2.15. The maximum absolute atomic E-state index is 11.3. The van der Waals surface area contributed by atoms with Gasteiger partial charge in [-0.3, -0.25) is 0 Å². The van der Waals surface area contributed by atoms with Crippen LogP contribution in [-0.2, 0) is 23.1 Å². The Morgan fingerprint density at radius 2 is 1.90 bits per heavy atom. The van der Waals surface area contributed by atoms with E-state index in [0.29, 0.717) is 13.1 Å². The van der Waals surface area contributed by atoms with Gasteiger partial charge in [0.2, 0.25) is 10.0 Å². The van der Waals surface area contributed by atoms with E-state index in [4.69, 9.17) is 16.7 Å². The molecule has 0 fully saturated rings. The highest BCUT2D eigenvalue weighted by Gasteiger charge is 2.07. The van der Waals surface area contributed by atoms with E-state index in [1.54, 1.807) is 12.1 Å². The monoisotopic (exact) mass is 324 g/mol. The van der Waals surface area contributed by atoms with Crippen LogP contribution in [0.5, 0.6) is 0 Å². The lowest BCUT2D eigenvalue weighted by Gasteiger charge is -2.09. The number of nitrogens with one attached hydrogen (secondary N) is 1. The second-order valence-corrected chi connectivity index (χ2v) is 6.86. The number of hydrogen-bond donors (Lipinski definition) is 2. The zero-order valence-electron chi connectivity index (χ0n) is 11.6. The normalized spacial score (nSPS) is 11.6. The molecule has 6 heteroatoms. The summed E-state index contributed by atoms with van der Waals surface area (Å²) in [7, 11) is -3.66. The summed E-state index contributed by atoms with van der Waals surface area (Å²) in [5, 5.41) is 9.12. The third-order valence-electron chi connectivity index (χ3n) is 3.18. The van der Waals surface area contributed by atoms with Crippen LogP contribution in [0.3, 0.4) is 0 Å². The molecule has 3 N–H and O–H groups in total. The van der Waals surface area contributed by atoms with Gasteiger partial charge in [0.25, 0.3) is 0 Å². The predicted octanol–water partition coefficient (Wildman–Crippen LogP) is 2.59. The Hall–Kier alpha value is -1.40. The molecule has 0 bridgehead atoms. The summed E-state index contributed by atoms with van der Waals surface area (Å²) in [5.41, 5.74) is 3.14. The topological polar surface area (TPSA) is 72.2 Å². The van der Waals surface area contributed by atoms with Crippen molar-refractivity contribution in [1.82, 2.24) is 5.32 Å². The van der Waals surface area contributed by atoms with Crippen LogP contribution in [0.25, 0.3) is 0 Å². The van der Waals surface area contributed by atoms with Crippen molar-refractivity contribution in [3.8, 4) is 0 Å². The van der Waals surface area contributed by atoms with Crippen LogP contribution in [0.2, 0.25) is 5.02 Å². The first-order chi connectivity index (χ1) is 9.86. The molecular formula is C15H17ClN2O2S. The van der Waals surface area contributed by atoms with Crippen molar-refractivity contribution in [2.24, 2.45) is 5.14 Å². The van der Waals surface area contributed by atoms with Gasteiger partial charge in [0.1, 0.15) is 0 Å². The summed E-state index contributed by atoms with van der Waals surface area (Å²) in [4.78, 5) is 0.129. The lowest BCUT2D eigenvalue weighted by atomic mass is 10.1. The molecule has 0 radical (unpaired) electrons. The molecule has 0 saturated carbocycles. The van der Waals surface area contributed by atoms with Crippen molar-refractivity contribution >= 4 is 21.6 Å². The van der Waals surface area contributed by atoms with Crippen molar-refractivity contribution < 1.29 is 8.42 Å². The Morgan fingerprint density at radius 3 is 2.57 bits per heavy atom. The van der Waals surface area contributed by atoms with Gasteiger partial charge in [-0.1, -0.05) is 29.8 Å². The summed E-state index contributed by atoms with van der Waals surface area (Å²) in [6.45, 7) is 3.25. The Kier molecular flexibility index (Phi) is 5.00. The average molecular weight is 325 g/mol. The molecular weight excluding hydrogens is 308 g/mol. The van der Waals surface area contributed by atoms with Gasteiger partial charge in [0.05, 0.1) is 4.90 Å². The molecule has 2 aromatic carbocycles. The Morgan fingerprint density at radius 1 is 1.14 bits per heavy atom. The molecule has 0 spiro atoms. The minimum Gasteiger partial charge on any atom is -0.309 e. The third kappa shape index (κ3) is 4.54. The molecule has 0 unspecified atom stereocenters. The van der Waals surface area contributed by atoms with Gasteiger partial charge in [-0.15, -0.1) is 0 Å². The molecule has 2 rings (SSSR count). The van der Waals surface area contributed by atoms with Gasteiger partial charge in [-0.05, 0) is 47.9 Å². The van der Waals surface area contributed by atoms with Crippen LogP contribution in [0.15, 0.2) is 47.4 Å². The fraction of sp³-hybridized carbons (Fsp3) is 0.200. The average Bonchev–Trinajstić information content (AvgIpc) is 2.41. The third-order valence-corrected chi connectivity index (χ3v) is 4.32. The molecule has 21 heavy (non-hydrogen) atoms. The van der Waals surface area contributed by atoms with E-state index in [-0.39, 0.29) is 4.90 Å². The minimum atomic E-state index is -3.66. The first-order valence-electron chi connectivity index (χ1n) is 6.44. The Labute approximate surface area is 130 Å². The standard InChI is InChI=1S/C15H17ClN2O2S/c1-11-7-14(16)6-5-13(11)10-18-9-12-3-2-4-15(8-12)21(17,19)20/h2-8,18H,9-10H2,1H3,(H2,17,19,20).